The van der Waals surface area contributed by atoms with Crippen LogP contribution >= 0.6 is 0 Å². The van der Waals surface area contributed by atoms with Gasteiger partial charge in [-0.3, -0.25) is 4.79 Å². The Hall–Kier alpha value is -3.31. The molecule has 4 rings (SSSR count). The predicted molar refractivity (Wildman–Crippen MR) is 143 cm³/mol. The number of nitrogens with one attached hydrogen (secondary N) is 1. The Morgan fingerprint density at radius 1 is 0.944 bits per heavy atom. The summed E-state index contributed by atoms with van der Waals surface area (Å²) in [6.07, 6.45) is -0.768. The number of benzene rings is 3. The van der Waals surface area contributed by atoms with E-state index in [0.717, 1.165) is 22.6 Å². The molecule has 0 spiro atoms. The van der Waals surface area contributed by atoms with Gasteiger partial charge in [-0.2, -0.15) is 0 Å². The van der Waals surface area contributed by atoms with E-state index in [1.165, 1.54) is 5.56 Å². The number of hydrogen-bond donors (Lipinski definition) is 1. The van der Waals surface area contributed by atoms with E-state index in [9.17, 15) is 4.79 Å². The Balaban J connectivity index is 1.63. The van der Waals surface area contributed by atoms with Crippen molar-refractivity contribution >= 4 is 11.7 Å². The van der Waals surface area contributed by atoms with Gasteiger partial charge in [-0.15, -0.1) is 0 Å². The van der Waals surface area contributed by atoms with E-state index < -0.39 is 17.8 Å². The number of carbonyl (C=O) groups excluding carboxylic acids is 1. The minimum atomic E-state index is -0.763. The second kappa shape index (κ2) is 10.8. The summed E-state index contributed by atoms with van der Waals surface area (Å²) in [5.74, 6) is 0.491. The van der Waals surface area contributed by atoms with Gasteiger partial charge in [0.2, 0.25) is 0 Å². The molecule has 2 unspecified atom stereocenters. The molecule has 0 amide bonds. The van der Waals surface area contributed by atoms with Gasteiger partial charge in [0.1, 0.15) is 17.5 Å². The van der Waals surface area contributed by atoms with Crippen LogP contribution in [-0.2, 0) is 27.4 Å². The third-order valence-corrected chi connectivity index (χ3v) is 6.19. The van der Waals surface area contributed by atoms with Crippen LogP contribution in [0.4, 0.5) is 5.69 Å². The molecule has 1 aliphatic rings. The third kappa shape index (κ3) is 6.67. The Kier molecular flexibility index (Phi) is 7.70. The van der Waals surface area contributed by atoms with E-state index in [1.807, 2.05) is 101 Å². The van der Waals surface area contributed by atoms with Crippen LogP contribution in [0.15, 0.2) is 78.9 Å². The highest BCUT2D eigenvalue weighted by Gasteiger charge is 2.47. The van der Waals surface area contributed by atoms with Crippen LogP contribution in [-0.4, -0.2) is 17.7 Å². The van der Waals surface area contributed by atoms with Crippen LogP contribution < -0.4 is 10.1 Å². The Morgan fingerprint density at radius 3 is 2.22 bits per heavy atom. The summed E-state index contributed by atoms with van der Waals surface area (Å²) in [7, 11) is 0. The number of rotatable bonds is 8. The van der Waals surface area contributed by atoms with Crippen LogP contribution in [0.5, 0.6) is 5.75 Å². The third-order valence-electron chi connectivity index (χ3n) is 6.19. The summed E-state index contributed by atoms with van der Waals surface area (Å²) in [4.78, 5) is 12.9. The highest BCUT2D eigenvalue weighted by atomic mass is 16.6. The molecule has 0 bridgehead atoms. The zero-order valence-corrected chi connectivity index (χ0v) is 21.9. The second-order valence-corrected chi connectivity index (χ2v) is 11.2. The largest absolute Gasteiger partial charge is 0.483 e. The number of ether oxygens (including phenoxy) is 3. The highest BCUT2D eigenvalue weighted by molar-refractivity contribution is 5.70. The molecule has 1 aliphatic heterocycles. The first-order chi connectivity index (χ1) is 17.1. The van der Waals surface area contributed by atoms with Crippen LogP contribution in [0.1, 0.15) is 63.8 Å². The van der Waals surface area contributed by atoms with E-state index in [-0.39, 0.29) is 11.4 Å². The standard InChI is InChI=1S/C31H37NO4/c1-30(2,3)19-27(33)35-29-28(34-21-23-14-10-7-11-15-23)25-18-24(16-17-26(25)36-31(29,4)5)32-20-22-12-8-6-9-13-22/h6-18,28-29,32H,19-21H2,1-5H3. The molecule has 190 valence electrons. The van der Waals surface area contributed by atoms with E-state index in [4.69, 9.17) is 14.2 Å². The fraction of sp³-hybridized carbons (Fsp3) is 0.387. The lowest BCUT2D eigenvalue weighted by molar-refractivity contribution is -0.187. The molecule has 3 aromatic carbocycles. The topological polar surface area (TPSA) is 56.8 Å². The van der Waals surface area contributed by atoms with Gasteiger partial charge in [0.15, 0.2) is 6.10 Å². The van der Waals surface area contributed by atoms with E-state index in [1.54, 1.807) is 0 Å². The van der Waals surface area contributed by atoms with Crippen LogP contribution in [0.25, 0.3) is 0 Å². The molecular formula is C31H37NO4. The Morgan fingerprint density at radius 2 is 1.58 bits per heavy atom. The molecule has 1 heterocycles. The zero-order valence-electron chi connectivity index (χ0n) is 21.9. The summed E-state index contributed by atoms with van der Waals surface area (Å²) in [5.41, 5.74) is 3.13. The number of carbonyl (C=O) groups is 1. The molecule has 1 N–H and O–H groups in total. The van der Waals surface area contributed by atoms with Gasteiger partial charge < -0.3 is 19.5 Å². The van der Waals surface area contributed by atoms with Gasteiger partial charge in [0, 0.05) is 17.8 Å². The molecule has 0 fully saturated rings. The van der Waals surface area contributed by atoms with Gasteiger partial charge in [0.25, 0.3) is 0 Å². The minimum Gasteiger partial charge on any atom is -0.483 e. The fourth-order valence-corrected chi connectivity index (χ4v) is 4.40. The zero-order chi connectivity index (χ0) is 25.8. The fourth-order valence-electron chi connectivity index (χ4n) is 4.40. The average molecular weight is 488 g/mol. The molecular weight excluding hydrogens is 450 g/mol. The minimum absolute atomic E-state index is 0.177. The smallest absolute Gasteiger partial charge is 0.306 e. The summed E-state index contributed by atoms with van der Waals surface area (Å²) < 4.78 is 19.0. The number of anilines is 1. The molecule has 5 heteroatoms. The van der Waals surface area contributed by atoms with Gasteiger partial charge in [-0.25, -0.2) is 0 Å². The number of hydrogen-bond acceptors (Lipinski definition) is 5. The monoisotopic (exact) mass is 487 g/mol. The van der Waals surface area contributed by atoms with Crippen molar-refractivity contribution in [1.29, 1.82) is 0 Å². The van der Waals surface area contributed by atoms with Gasteiger partial charge >= 0.3 is 5.97 Å². The maximum absolute atomic E-state index is 12.9. The maximum Gasteiger partial charge on any atom is 0.306 e. The molecule has 0 saturated heterocycles. The predicted octanol–water partition coefficient (Wildman–Crippen LogP) is 7.08. The molecule has 2 atom stereocenters. The van der Waals surface area contributed by atoms with Gasteiger partial charge in [-0.1, -0.05) is 81.4 Å². The van der Waals surface area contributed by atoms with Crippen molar-refractivity contribution in [2.24, 2.45) is 5.41 Å². The molecule has 36 heavy (non-hydrogen) atoms. The van der Waals surface area contributed by atoms with Gasteiger partial charge in [-0.05, 0) is 48.6 Å². The number of fused-ring (bicyclic) bond motifs is 1. The van der Waals surface area contributed by atoms with Crippen molar-refractivity contribution < 1.29 is 19.0 Å². The summed E-state index contributed by atoms with van der Waals surface area (Å²) >= 11 is 0. The SMILES string of the molecule is CC(C)(C)CC(=O)OC1C(OCc2ccccc2)c2cc(NCc3ccccc3)ccc2OC1(C)C. The van der Waals surface area contributed by atoms with Gasteiger partial charge in [0.05, 0.1) is 13.0 Å². The first-order valence-corrected chi connectivity index (χ1v) is 12.6. The maximum atomic E-state index is 12.9. The van der Waals surface area contributed by atoms with Crippen LogP contribution in [0, 0.1) is 5.41 Å². The molecule has 5 nitrogen and oxygen atoms in total. The van der Waals surface area contributed by atoms with E-state index in [0.29, 0.717) is 19.6 Å². The lowest BCUT2D eigenvalue weighted by atomic mass is 9.87. The normalized spacial score (nSPS) is 18.6. The van der Waals surface area contributed by atoms with Crippen molar-refractivity contribution in [2.45, 2.75) is 72.0 Å². The summed E-state index contributed by atoms with van der Waals surface area (Å²) in [5, 5.41) is 3.49. The number of esters is 1. The van der Waals surface area contributed by atoms with Crippen molar-refractivity contribution in [3.05, 3.63) is 95.6 Å². The lowest BCUT2D eigenvalue weighted by Crippen LogP contribution is -2.52. The first kappa shape index (κ1) is 25.8. The van der Waals surface area contributed by atoms with E-state index in [2.05, 4.69) is 17.4 Å². The highest BCUT2D eigenvalue weighted by Crippen LogP contribution is 2.45. The van der Waals surface area contributed by atoms with Crippen molar-refractivity contribution in [3.63, 3.8) is 0 Å². The van der Waals surface area contributed by atoms with Crippen molar-refractivity contribution in [3.8, 4) is 5.75 Å². The first-order valence-electron chi connectivity index (χ1n) is 12.6. The Labute approximate surface area is 214 Å². The van der Waals surface area contributed by atoms with Crippen molar-refractivity contribution in [1.82, 2.24) is 0 Å². The quantitative estimate of drug-likeness (QED) is 0.344. The van der Waals surface area contributed by atoms with Crippen LogP contribution in [0.2, 0.25) is 0 Å². The molecule has 0 aromatic heterocycles. The van der Waals surface area contributed by atoms with E-state index >= 15 is 0 Å². The second-order valence-electron chi connectivity index (χ2n) is 11.2. The molecule has 0 saturated carbocycles. The summed E-state index contributed by atoms with van der Waals surface area (Å²) in [6, 6.07) is 26.3. The molecule has 0 radical (unpaired) electrons. The average Bonchev–Trinajstić information content (AvgIpc) is 2.82. The summed E-state index contributed by atoms with van der Waals surface area (Å²) in [6.45, 7) is 11.1. The Bertz CT molecular complexity index is 1150. The van der Waals surface area contributed by atoms with Crippen molar-refractivity contribution in [2.75, 3.05) is 5.32 Å². The molecule has 3 aromatic rings. The molecule has 0 aliphatic carbocycles. The lowest BCUT2D eigenvalue weighted by Gasteiger charge is -2.44. The van der Waals surface area contributed by atoms with Crippen LogP contribution in [0.3, 0.4) is 0 Å².